The van der Waals surface area contributed by atoms with Crippen molar-refractivity contribution in [3.63, 3.8) is 0 Å². The van der Waals surface area contributed by atoms with Gasteiger partial charge in [-0.15, -0.1) is 0 Å². The summed E-state index contributed by atoms with van der Waals surface area (Å²) in [6.45, 7) is 7.70. The normalized spacial score (nSPS) is 14.2. The second kappa shape index (κ2) is 12.3. The Bertz CT molecular complexity index is 1360. The van der Waals surface area contributed by atoms with Crippen LogP contribution in [0.1, 0.15) is 70.4 Å². The molecule has 0 bridgehead atoms. The number of rotatable bonds is 7. The summed E-state index contributed by atoms with van der Waals surface area (Å²) in [4.78, 5) is 48.8. The first-order valence-electron chi connectivity index (χ1n) is 13.5. The molecule has 4 rings (SSSR count). The van der Waals surface area contributed by atoms with Gasteiger partial charge in [0.05, 0.1) is 10.9 Å². The van der Waals surface area contributed by atoms with E-state index in [1.807, 2.05) is 12.1 Å². The van der Waals surface area contributed by atoms with E-state index in [1.54, 1.807) is 52.2 Å². The zero-order chi connectivity index (χ0) is 28.0. The van der Waals surface area contributed by atoms with Gasteiger partial charge in [-0.05, 0) is 75.4 Å². The number of pyridine rings is 1. The predicted molar refractivity (Wildman–Crippen MR) is 150 cm³/mol. The van der Waals surface area contributed by atoms with Gasteiger partial charge >= 0.3 is 23.8 Å². The molecule has 10 heteroatoms. The summed E-state index contributed by atoms with van der Waals surface area (Å²) < 4.78 is 11.0. The highest BCUT2D eigenvalue weighted by molar-refractivity contribution is 5.94. The fourth-order valence-corrected chi connectivity index (χ4v) is 4.82. The number of hydrogen-bond donors (Lipinski definition) is 2. The maximum absolute atomic E-state index is 13.3. The van der Waals surface area contributed by atoms with E-state index in [-0.39, 0.29) is 11.4 Å². The van der Waals surface area contributed by atoms with Crippen LogP contribution < -0.4 is 21.2 Å². The third kappa shape index (κ3) is 7.55. The Morgan fingerprint density at radius 2 is 1.82 bits per heavy atom. The molecule has 3 aromatic rings. The molecule has 0 unspecified atom stereocenters. The van der Waals surface area contributed by atoms with Crippen LogP contribution in [0.5, 0.6) is 0 Å². The highest BCUT2D eigenvalue weighted by Gasteiger charge is 2.25. The molecule has 208 valence electrons. The number of benzene rings is 1. The number of carbonyl (C=O) groups excluding carboxylic acids is 2. The zero-order valence-electron chi connectivity index (χ0n) is 23.1. The van der Waals surface area contributed by atoms with Gasteiger partial charge < -0.3 is 14.5 Å². The lowest BCUT2D eigenvalue weighted by atomic mass is 9.87. The second-order valence-electron chi connectivity index (χ2n) is 11.0. The maximum Gasteiger partial charge on any atom is 0.412 e. The number of anilines is 2. The minimum absolute atomic E-state index is 0.0530. The third-order valence-corrected chi connectivity index (χ3v) is 6.84. The molecule has 0 atom stereocenters. The van der Waals surface area contributed by atoms with E-state index in [1.165, 1.54) is 24.2 Å². The lowest BCUT2D eigenvalue weighted by molar-refractivity contribution is 0.0635. The molecule has 39 heavy (non-hydrogen) atoms. The Morgan fingerprint density at radius 3 is 2.51 bits per heavy atom. The number of urea groups is 1. The van der Waals surface area contributed by atoms with Gasteiger partial charge in [0, 0.05) is 31.2 Å². The lowest BCUT2D eigenvalue weighted by Gasteiger charge is -2.26. The first-order valence-corrected chi connectivity index (χ1v) is 13.5. The highest BCUT2D eigenvalue weighted by atomic mass is 16.6. The number of carbonyl (C=O) groups is 2. The second-order valence-corrected chi connectivity index (χ2v) is 11.0. The molecule has 1 aromatic carbocycles. The van der Waals surface area contributed by atoms with Crippen LogP contribution >= 0.6 is 0 Å². The minimum Gasteiger partial charge on any atom is -0.444 e. The Labute approximate surface area is 228 Å². The maximum atomic E-state index is 13.3. The fourth-order valence-electron chi connectivity index (χ4n) is 4.82. The van der Waals surface area contributed by atoms with E-state index < -0.39 is 23.4 Å². The van der Waals surface area contributed by atoms with E-state index in [2.05, 4.69) is 20.6 Å². The van der Waals surface area contributed by atoms with Gasteiger partial charge in [-0.1, -0.05) is 32.1 Å². The Hall–Kier alpha value is -3.95. The van der Waals surface area contributed by atoms with Crippen molar-refractivity contribution in [1.82, 2.24) is 15.3 Å². The number of aryl methyl sites for hydroxylation is 1. The van der Waals surface area contributed by atoms with Gasteiger partial charge in [-0.2, -0.15) is 4.98 Å². The quantitative estimate of drug-likeness (QED) is 0.384. The van der Waals surface area contributed by atoms with E-state index in [9.17, 15) is 14.4 Å². The number of aromatic nitrogens is 2. The van der Waals surface area contributed by atoms with E-state index >= 15 is 0 Å². The van der Waals surface area contributed by atoms with Crippen LogP contribution in [0.15, 0.2) is 45.9 Å². The van der Waals surface area contributed by atoms with Crippen LogP contribution in [-0.4, -0.2) is 34.2 Å². The van der Waals surface area contributed by atoms with Crippen LogP contribution in [-0.2, 0) is 11.3 Å². The molecule has 1 aliphatic carbocycles. The molecular weight excluding hydrogens is 498 g/mol. The van der Waals surface area contributed by atoms with Crippen LogP contribution in [0.2, 0.25) is 0 Å². The molecule has 10 nitrogen and oxygen atoms in total. The zero-order valence-corrected chi connectivity index (χ0v) is 23.1. The number of ether oxygens (including phenoxy) is 1. The van der Waals surface area contributed by atoms with Crippen molar-refractivity contribution >= 4 is 34.7 Å². The molecule has 0 aliphatic heterocycles. The van der Waals surface area contributed by atoms with Crippen LogP contribution in [0.3, 0.4) is 0 Å². The molecule has 1 aliphatic rings. The molecule has 3 amide bonds. The molecule has 2 N–H and O–H groups in total. The molecule has 1 fully saturated rings. The molecule has 2 aromatic heterocycles. The van der Waals surface area contributed by atoms with Crippen molar-refractivity contribution in [1.29, 1.82) is 0 Å². The first-order chi connectivity index (χ1) is 18.6. The minimum atomic E-state index is -0.663. The van der Waals surface area contributed by atoms with Crippen LogP contribution in [0.4, 0.5) is 21.3 Å². The van der Waals surface area contributed by atoms with Crippen molar-refractivity contribution in [3.8, 4) is 0 Å². The van der Waals surface area contributed by atoms with Gasteiger partial charge in [0.15, 0.2) is 0 Å². The summed E-state index contributed by atoms with van der Waals surface area (Å²) in [5.74, 6) is 0.519. The Morgan fingerprint density at radius 1 is 1.10 bits per heavy atom. The molecule has 2 heterocycles. The first kappa shape index (κ1) is 28.1. The average Bonchev–Trinajstić information content (AvgIpc) is 2.89. The summed E-state index contributed by atoms with van der Waals surface area (Å²) in [6.07, 6.45) is 9.41. The Kier molecular flexibility index (Phi) is 8.83. The van der Waals surface area contributed by atoms with Crippen molar-refractivity contribution < 1.29 is 18.7 Å². The molecular formula is C29H37N5O5. The lowest BCUT2D eigenvalue weighted by Crippen LogP contribution is -2.42. The van der Waals surface area contributed by atoms with Crippen molar-refractivity contribution in [2.45, 2.75) is 78.4 Å². The summed E-state index contributed by atoms with van der Waals surface area (Å²) in [5.41, 5.74) is 0.899. The summed E-state index contributed by atoms with van der Waals surface area (Å²) in [6, 6.07) is 6.50. The third-order valence-electron chi connectivity index (χ3n) is 6.84. The number of nitrogens with zero attached hydrogens (tertiary/aromatic N) is 3. The molecule has 0 radical (unpaired) electrons. The summed E-state index contributed by atoms with van der Waals surface area (Å²) in [7, 11) is 0. The van der Waals surface area contributed by atoms with Crippen LogP contribution in [0, 0.1) is 12.8 Å². The molecule has 0 saturated heterocycles. The number of fused-ring (bicyclic) bond motifs is 1. The van der Waals surface area contributed by atoms with E-state index in [4.69, 9.17) is 9.15 Å². The largest absolute Gasteiger partial charge is 0.444 e. The molecule has 0 spiro atoms. The van der Waals surface area contributed by atoms with Gasteiger partial charge in [0.2, 0.25) is 0 Å². The van der Waals surface area contributed by atoms with Crippen molar-refractivity contribution in [3.05, 3.63) is 58.2 Å². The van der Waals surface area contributed by atoms with Gasteiger partial charge in [-0.3, -0.25) is 10.3 Å². The average molecular weight is 536 g/mol. The summed E-state index contributed by atoms with van der Waals surface area (Å²) >= 11 is 0. The standard InChI is InChI=1S/C29H37N5O5/c1-19-22(33-28(37)39-29(2,3)4)10-11-23-24(19)25(35)38-27(32-23)34(17-14-20-8-6-5-7-9-20)26(36)31-18-21-12-15-30-16-13-21/h10-13,15-16,20H,5-9,14,17-18H2,1-4H3,(H,31,36)(H,33,37). The van der Waals surface area contributed by atoms with Crippen molar-refractivity contribution in [2.75, 3.05) is 16.8 Å². The van der Waals surface area contributed by atoms with E-state index in [0.29, 0.717) is 35.8 Å². The van der Waals surface area contributed by atoms with Gasteiger partial charge in [0.25, 0.3) is 0 Å². The number of amides is 3. The highest BCUT2D eigenvalue weighted by Crippen LogP contribution is 2.28. The molecule has 1 saturated carbocycles. The Balaban J connectivity index is 1.60. The van der Waals surface area contributed by atoms with Crippen LogP contribution in [0.25, 0.3) is 10.9 Å². The number of nitrogens with one attached hydrogen (secondary N) is 2. The van der Waals surface area contributed by atoms with E-state index in [0.717, 1.165) is 24.8 Å². The smallest absolute Gasteiger partial charge is 0.412 e. The monoisotopic (exact) mass is 535 g/mol. The summed E-state index contributed by atoms with van der Waals surface area (Å²) in [5, 5.41) is 5.82. The fraction of sp³-hybridized carbons (Fsp3) is 0.483. The predicted octanol–water partition coefficient (Wildman–Crippen LogP) is 5.93. The van der Waals surface area contributed by atoms with Gasteiger partial charge in [-0.25, -0.2) is 19.3 Å². The van der Waals surface area contributed by atoms with Gasteiger partial charge in [0.1, 0.15) is 5.60 Å². The SMILES string of the molecule is Cc1c(NC(=O)OC(C)(C)C)ccc2nc(N(CCC3CCCCC3)C(=O)NCc3ccncc3)oc(=O)c12. The topological polar surface area (TPSA) is 127 Å². The van der Waals surface area contributed by atoms with Crippen molar-refractivity contribution in [2.24, 2.45) is 5.92 Å². The number of hydrogen-bond acceptors (Lipinski definition) is 7.